The molecule has 2 aliphatic heterocycles. The smallest absolute Gasteiger partial charge is 0.227 e. The van der Waals surface area contributed by atoms with Crippen molar-refractivity contribution in [3.63, 3.8) is 0 Å². The first-order valence-electron chi connectivity index (χ1n) is 10.0. The Bertz CT molecular complexity index is 426. The zero-order chi connectivity index (χ0) is 17.6. The van der Waals surface area contributed by atoms with Crippen LogP contribution in [0.25, 0.3) is 0 Å². The van der Waals surface area contributed by atoms with Crippen molar-refractivity contribution in [2.45, 2.75) is 44.9 Å². The maximum absolute atomic E-state index is 12.9. The lowest BCUT2D eigenvalue weighted by Gasteiger charge is -2.43. The number of carbonyl (C=O) groups excluding carboxylic acids is 1. The molecule has 0 aromatic rings. The first kappa shape index (κ1) is 19.1. The van der Waals surface area contributed by atoms with Gasteiger partial charge < -0.3 is 20.5 Å². The van der Waals surface area contributed by atoms with Crippen LogP contribution in [0.5, 0.6) is 0 Å². The normalized spacial score (nSPS) is 26.9. The van der Waals surface area contributed by atoms with Crippen LogP contribution >= 0.6 is 0 Å². The Balaban J connectivity index is 1.60. The Hall–Kier alpha value is -0.690. The third-order valence-corrected chi connectivity index (χ3v) is 6.52. The van der Waals surface area contributed by atoms with Crippen LogP contribution in [-0.2, 0) is 14.3 Å². The van der Waals surface area contributed by atoms with E-state index in [4.69, 9.17) is 15.2 Å². The van der Waals surface area contributed by atoms with Crippen LogP contribution in [-0.4, -0.2) is 70.0 Å². The van der Waals surface area contributed by atoms with Gasteiger partial charge in [-0.25, -0.2) is 0 Å². The molecular weight excluding hydrogens is 318 g/mol. The summed E-state index contributed by atoms with van der Waals surface area (Å²) in [7, 11) is 0. The minimum absolute atomic E-state index is 0.144. The number of nitrogens with one attached hydrogen (secondary N) is 1. The minimum Gasteiger partial charge on any atom is -0.381 e. The predicted octanol–water partition coefficient (Wildman–Crippen LogP) is 1.14. The molecule has 144 valence electrons. The highest BCUT2D eigenvalue weighted by Gasteiger charge is 2.41. The molecule has 0 unspecified atom stereocenters. The average Bonchev–Trinajstić information content (AvgIpc) is 2.68. The molecule has 1 saturated carbocycles. The third-order valence-electron chi connectivity index (χ3n) is 6.52. The largest absolute Gasteiger partial charge is 0.381 e. The predicted molar refractivity (Wildman–Crippen MR) is 97.3 cm³/mol. The van der Waals surface area contributed by atoms with Gasteiger partial charge in [0, 0.05) is 51.4 Å². The maximum atomic E-state index is 12.9. The zero-order valence-corrected chi connectivity index (χ0v) is 15.6. The molecule has 0 atom stereocenters. The van der Waals surface area contributed by atoms with E-state index in [0.717, 1.165) is 52.2 Å². The highest BCUT2D eigenvalue weighted by molar-refractivity contribution is 5.83. The molecule has 6 heteroatoms. The lowest BCUT2D eigenvalue weighted by Crippen LogP contribution is -2.54. The minimum atomic E-state index is -0.424. The van der Waals surface area contributed by atoms with Gasteiger partial charge in [0.15, 0.2) is 0 Å². The van der Waals surface area contributed by atoms with Crippen LogP contribution < -0.4 is 11.1 Å². The number of nitrogens with zero attached hydrogens (tertiary/aromatic N) is 1. The second-order valence-corrected chi connectivity index (χ2v) is 8.23. The van der Waals surface area contributed by atoms with Gasteiger partial charge in [-0.2, -0.15) is 0 Å². The van der Waals surface area contributed by atoms with Gasteiger partial charge in [-0.15, -0.1) is 0 Å². The van der Waals surface area contributed by atoms with Gasteiger partial charge in [-0.1, -0.05) is 19.3 Å². The summed E-state index contributed by atoms with van der Waals surface area (Å²) in [6.07, 6.45) is 7.78. The summed E-state index contributed by atoms with van der Waals surface area (Å²) in [5.41, 5.74) is 5.78. The molecule has 1 amide bonds. The molecule has 1 aliphatic carbocycles. The van der Waals surface area contributed by atoms with E-state index in [1.54, 1.807) is 0 Å². The lowest BCUT2D eigenvalue weighted by atomic mass is 9.72. The van der Waals surface area contributed by atoms with E-state index in [-0.39, 0.29) is 11.3 Å². The summed E-state index contributed by atoms with van der Waals surface area (Å²) in [5, 5.41) is 3.31. The fourth-order valence-corrected chi connectivity index (χ4v) is 4.67. The topological polar surface area (TPSA) is 76.8 Å². The number of amides is 1. The highest BCUT2D eigenvalue weighted by Crippen LogP contribution is 2.37. The molecular formula is C19H35N3O3. The second-order valence-electron chi connectivity index (χ2n) is 8.23. The van der Waals surface area contributed by atoms with E-state index in [2.05, 4.69) is 10.2 Å². The molecule has 3 N–H and O–H groups in total. The molecule has 3 aliphatic rings. The maximum Gasteiger partial charge on any atom is 0.227 e. The number of carbonyl (C=O) groups is 1. The number of nitrogens with two attached hydrogens (primary N) is 1. The van der Waals surface area contributed by atoms with Crippen LogP contribution in [0.15, 0.2) is 0 Å². The van der Waals surface area contributed by atoms with Crippen molar-refractivity contribution in [3.05, 3.63) is 0 Å². The quantitative estimate of drug-likeness (QED) is 0.749. The number of rotatable bonds is 6. The van der Waals surface area contributed by atoms with Crippen LogP contribution in [0.3, 0.4) is 0 Å². The molecule has 0 radical (unpaired) electrons. The Kier molecular flexibility index (Phi) is 6.72. The van der Waals surface area contributed by atoms with E-state index in [9.17, 15) is 4.79 Å². The first-order valence-corrected chi connectivity index (χ1v) is 10.0. The Morgan fingerprint density at radius 2 is 1.60 bits per heavy atom. The first-order chi connectivity index (χ1) is 12.2. The number of hydrogen-bond acceptors (Lipinski definition) is 5. The van der Waals surface area contributed by atoms with Crippen LogP contribution in [0.1, 0.15) is 44.9 Å². The molecule has 0 spiro atoms. The number of ether oxygens (including phenoxy) is 2. The number of hydrogen-bond donors (Lipinski definition) is 2. The van der Waals surface area contributed by atoms with Gasteiger partial charge in [0.25, 0.3) is 0 Å². The fraction of sp³-hybridized carbons (Fsp3) is 0.947. The third kappa shape index (κ3) is 4.73. The van der Waals surface area contributed by atoms with Gasteiger partial charge in [0.2, 0.25) is 5.91 Å². The zero-order valence-electron chi connectivity index (χ0n) is 15.6. The van der Waals surface area contributed by atoms with Crippen molar-refractivity contribution in [3.8, 4) is 0 Å². The summed E-state index contributed by atoms with van der Waals surface area (Å²) in [6, 6.07) is 0. The summed E-state index contributed by atoms with van der Waals surface area (Å²) in [6.45, 7) is 7.25. The van der Waals surface area contributed by atoms with Gasteiger partial charge in [-0.05, 0) is 25.7 Å². The van der Waals surface area contributed by atoms with Crippen LogP contribution in [0.4, 0.5) is 0 Å². The summed E-state index contributed by atoms with van der Waals surface area (Å²) in [5.74, 6) is 0.144. The van der Waals surface area contributed by atoms with Gasteiger partial charge in [0.1, 0.15) is 0 Å². The molecule has 0 aromatic heterocycles. The van der Waals surface area contributed by atoms with Gasteiger partial charge >= 0.3 is 0 Å². The van der Waals surface area contributed by atoms with Crippen molar-refractivity contribution in [1.82, 2.24) is 10.2 Å². The van der Waals surface area contributed by atoms with Crippen molar-refractivity contribution in [1.29, 1.82) is 0 Å². The van der Waals surface area contributed by atoms with E-state index < -0.39 is 5.41 Å². The summed E-state index contributed by atoms with van der Waals surface area (Å²) in [4.78, 5) is 15.5. The molecule has 6 nitrogen and oxygen atoms in total. The van der Waals surface area contributed by atoms with E-state index in [1.165, 1.54) is 32.1 Å². The SMILES string of the molecule is NCC1(C(=O)NCC2(CN3CCOCC3)CCCCC2)CCOCC1. The molecule has 3 fully saturated rings. The van der Waals surface area contributed by atoms with Crippen LogP contribution in [0.2, 0.25) is 0 Å². The van der Waals surface area contributed by atoms with Gasteiger partial charge in [0.05, 0.1) is 18.6 Å². The molecule has 0 aromatic carbocycles. The molecule has 0 bridgehead atoms. The molecule has 3 rings (SSSR count). The van der Waals surface area contributed by atoms with E-state index >= 15 is 0 Å². The standard InChI is InChI=1S/C19H35N3O3/c20-14-19(6-10-24-11-7-19)17(23)21-15-18(4-2-1-3-5-18)16-22-8-12-25-13-9-22/h1-16,20H2,(H,21,23). The average molecular weight is 354 g/mol. The second kappa shape index (κ2) is 8.80. The van der Waals surface area contributed by atoms with Crippen molar-refractivity contribution in [2.75, 3.05) is 59.2 Å². The van der Waals surface area contributed by atoms with Gasteiger partial charge in [-0.3, -0.25) is 9.69 Å². The molecule has 2 heterocycles. The fourth-order valence-electron chi connectivity index (χ4n) is 4.67. The highest BCUT2D eigenvalue weighted by atomic mass is 16.5. The Labute approximate surface area is 151 Å². The van der Waals surface area contributed by atoms with E-state index in [0.29, 0.717) is 19.8 Å². The Morgan fingerprint density at radius 3 is 2.24 bits per heavy atom. The van der Waals surface area contributed by atoms with Crippen molar-refractivity contribution < 1.29 is 14.3 Å². The monoisotopic (exact) mass is 353 g/mol. The molecule has 2 saturated heterocycles. The van der Waals surface area contributed by atoms with Crippen molar-refractivity contribution >= 4 is 5.91 Å². The van der Waals surface area contributed by atoms with E-state index in [1.807, 2.05) is 0 Å². The molecule has 25 heavy (non-hydrogen) atoms. The summed E-state index contributed by atoms with van der Waals surface area (Å²) < 4.78 is 10.9. The van der Waals surface area contributed by atoms with Crippen molar-refractivity contribution in [2.24, 2.45) is 16.6 Å². The Morgan fingerprint density at radius 1 is 0.960 bits per heavy atom. The lowest BCUT2D eigenvalue weighted by molar-refractivity contribution is -0.136. The number of morpholine rings is 1. The summed E-state index contributed by atoms with van der Waals surface area (Å²) >= 11 is 0. The van der Waals surface area contributed by atoms with Crippen LogP contribution in [0, 0.1) is 10.8 Å².